The van der Waals surface area contributed by atoms with Gasteiger partial charge < -0.3 is 9.88 Å². The van der Waals surface area contributed by atoms with Gasteiger partial charge in [0.15, 0.2) is 0 Å². The first-order valence-electron chi connectivity index (χ1n) is 8.75. The van der Waals surface area contributed by atoms with Gasteiger partial charge in [-0.05, 0) is 55.0 Å². The van der Waals surface area contributed by atoms with Crippen molar-refractivity contribution in [3.05, 3.63) is 53.6 Å². The van der Waals surface area contributed by atoms with Crippen LogP contribution in [0.3, 0.4) is 0 Å². The first-order valence-corrected chi connectivity index (χ1v) is 10.3. The SMILES string of the molecule is Cc1ccccc1C1CCN(c2nc3ccc(S(N)(=O)=O)cc3[nH]2)CC1. The largest absolute Gasteiger partial charge is 0.342 e. The van der Waals surface area contributed by atoms with Gasteiger partial charge in [-0.1, -0.05) is 24.3 Å². The van der Waals surface area contributed by atoms with E-state index in [0.717, 1.165) is 37.4 Å². The van der Waals surface area contributed by atoms with E-state index in [1.165, 1.54) is 17.2 Å². The van der Waals surface area contributed by atoms with E-state index < -0.39 is 10.0 Å². The highest BCUT2D eigenvalue weighted by atomic mass is 32.2. The molecule has 1 fully saturated rings. The van der Waals surface area contributed by atoms with Crippen LogP contribution in [0.25, 0.3) is 11.0 Å². The van der Waals surface area contributed by atoms with Gasteiger partial charge in [0.2, 0.25) is 16.0 Å². The van der Waals surface area contributed by atoms with Crippen LogP contribution in [-0.4, -0.2) is 31.5 Å². The van der Waals surface area contributed by atoms with Crippen molar-refractivity contribution < 1.29 is 8.42 Å². The molecule has 0 bridgehead atoms. The number of primary sulfonamides is 1. The molecule has 0 amide bonds. The summed E-state index contributed by atoms with van der Waals surface area (Å²) in [6.45, 7) is 4.01. The molecule has 2 heterocycles. The summed E-state index contributed by atoms with van der Waals surface area (Å²) >= 11 is 0. The average molecular weight is 370 g/mol. The van der Waals surface area contributed by atoms with Crippen molar-refractivity contribution in [2.24, 2.45) is 5.14 Å². The molecule has 26 heavy (non-hydrogen) atoms. The second-order valence-corrected chi connectivity index (χ2v) is 8.46. The first-order chi connectivity index (χ1) is 12.4. The molecule has 1 saturated heterocycles. The number of fused-ring (bicyclic) bond motifs is 1. The van der Waals surface area contributed by atoms with E-state index >= 15 is 0 Å². The maximum Gasteiger partial charge on any atom is 0.238 e. The van der Waals surface area contributed by atoms with Crippen molar-refractivity contribution in [3.8, 4) is 0 Å². The van der Waals surface area contributed by atoms with Crippen molar-refractivity contribution in [1.29, 1.82) is 0 Å². The van der Waals surface area contributed by atoms with Crippen molar-refractivity contribution in [2.45, 2.75) is 30.6 Å². The Morgan fingerprint density at radius 1 is 1.15 bits per heavy atom. The van der Waals surface area contributed by atoms with Gasteiger partial charge in [-0.25, -0.2) is 18.5 Å². The molecule has 3 N–H and O–H groups in total. The summed E-state index contributed by atoms with van der Waals surface area (Å²) < 4.78 is 23.0. The normalized spacial score (nSPS) is 16.3. The fourth-order valence-corrected chi connectivity index (χ4v) is 4.29. The number of hydrogen-bond donors (Lipinski definition) is 2. The minimum atomic E-state index is -3.71. The van der Waals surface area contributed by atoms with Gasteiger partial charge in [0, 0.05) is 13.1 Å². The number of rotatable bonds is 3. The zero-order chi connectivity index (χ0) is 18.3. The number of nitrogens with one attached hydrogen (secondary N) is 1. The predicted molar refractivity (Wildman–Crippen MR) is 103 cm³/mol. The van der Waals surface area contributed by atoms with Gasteiger partial charge in [0.1, 0.15) is 0 Å². The van der Waals surface area contributed by atoms with E-state index in [4.69, 9.17) is 5.14 Å². The van der Waals surface area contributed by atoms with Gasteiger partial charge in [0.05, 0.1) is 15.9 Å². The summed E-state index contributed by atoms with van der Waals surface area (Å²) in [6, 6.07) is 13.3. The van der Waals surface area contributed by atoms with Crippen LogP contribution in [0.15, 0.2) is 47.4 Å². The molecular formula is C19H22N4O2S. The van der Waals surface area contributed by atoms with Crippen molar-refractivity contribution >= 4 is 27.0 Å². The minimum Gasteiger partial charge on any atom is -0.342 e. The quantitative estimate of drug-likeness (QED) is 0.741. The highest BCUT2D eigenvalue weighted by molar-refractivity contribution is 7.89. The number of sulfonamides is 1. The third-order valence-corrected chi connectivity index (χ3v) is 6.10. The van der Waals surface area contributed by atoms with E-state index in [1.54, 1.807) is 12.1 Å². The number of aryl methyl sites for hydroxylation is 1. The van der Waals surface area contributed by atoms with E-state index in [2.05, 4.69) is 46.1 Å². The van der Waals surface area contributed by atoms with Gasteiger partial charge in [-0.15, -0.1) is 0 Å². The van der Waals surface area contributed by atoms with Crippen LogP contribution >= 0.6 is 0 Å². The molecule has 0 radical (unpaired) electrons. The fourth-order valence-electron chi connectivity index (χ4n) is 3.75. The van der Waals surface area contributed by atoms with Crippen LogP contribution in [0.5, 0.6) is 0 Å². The predicted octanol–water partition coefficient (Wildman–Crippen LogP) is 2.90. The Balaban J connectivity index is 1.53. The Kier molecular flexibility index (Phi) is 4.20. The van der Waals surface area contributed by atoms with Crippen LogP contribution in [-0.2, 0) is 10.0 Å². The second kappa shape index (κ2) is 6.41. The molecule has 0 saturated carbocycles. The third-order valence-electron chi connectivity index (χ3n) is 5.19. The molecule has 0 atom stereocenters. The molecular weight excluding hydrogens is 348 g/mol. The summed E-state index contributed by atoms with van der Waals surface area (Å²) in [5.74, 6) is 1.36. The van der Waals surface area contributed by atoms with E-state index in [1.807, 2.05) is 0 Å². The molecule has 7 heteroatoms. The summed E-state index contributed by atoms with van der Waals surface area (Å²) in [5.41, 5.74) is 4.22. The molecule has 136 valence electrons. The van der Waals surface area contributed by atoms with Crippen LogP contribution in [0.4, 0.5) is 5.95 Å². The average Bonchev–Trinajstić information content (AvgIpc) is 3.05. The standard InChI is InChI=1S/C19H22N4O2S/c1-13-4-2-3-5-16(13)14-8-10-23(11-9-14)19-21-17-7-6-15(26(20,24)25)12-18(17)22-19/h2-7,12,14H,8-11H2,1H3,(H,21,22)(H2,20,24,25). The Labute approximate surface area is 153 Å². The fraction of sp³-hybridized carbons (Fsp3) is 0.316. The lowest BCUT2D eigenvalue weighted by atomic mass is 9.87. The Hall–Kier alpha value is -2.38. The Morgan fingerprint density at radius 3 is 2.58 bits per heavy atom. The summed E-state index contributed by atoms with van der Waals surface area (Å²) in [4.78, 5) is 10.2. The lowest BCUT2D eigenvalue weighted by molar-refractivity contribution is 0.499. The molecule has 0 aliphatic carbocycles. The second-order valence-electron chi connectivity index (χ2n) is 6.90. The molecule has 0 unspecified atom stereocenters. The van der Waals surface area contributed by atoms with Crippen LogP contribution < -0.4 is 10.0 Å². The van der Waals surface area contributed by atoms with Gasteiger partial charge in [-0.3, -0.25) is 0 Å². The van der Waals surface area contributed by atoms with Crippen molar-refractivity contribution in [3.63, 3.8) is 0 Å². The van der Waals surface area contributed by atoms with E-state index in [0.29, 0.717) is 11.4 Å². The highest BCUT2D eigenvalue weighted by Gasteiger charge is 2.23. The van der Waals surface area contributed by atoms with Crippen molar-refractivity contribution in [2.75, 3.05) is 18.0 Å². The Morgan fingerprint density at radius 2 is 1.88 bits per heavy atom. The number of aromatic nitrogens is 2. The maximum atomic E-state index is 11.5. The molecule has 1 aliphatic heterocycles. The molecule has 1 aromatic heterocycles. The number of H-pyrrole nitrogens is 1. The van der Waals surface area contributed by atoms with Gasteiger partial charge >= 0.3 is 0 Å². The maximum absolute atomic E-state index is 11.5. The number of imidazole rings is 1. The number of piperidine rings is 1. The molecule has 0 spiro atoms. The van der Waals surface area contributed by atoms with E-state index in [-0.39, 0.29) is 4.90 Å². The Bertz CT molecular complexity index is 1050. The summed E-state index contributed by atoms with van der Waals surface area (Å²) in [5, 5.41) is 5.21. The topological polar surface area (TPSA) is 92.1 Å². The molecule has 4 rings (SSSR count). The summed E-state index contributed by atoms with van der Waals surface area (Å²) in [7, 11) is -3.71. The molecule has 1 aliphatic rings. The zero-order valence-electron chi connectivity index (χ0n) is 14.6. The third kappa shape index (κ3) is 3.20. The van der Waals surface area contributed by atoms with E-state index in [9.17, 15) is 8.42 Å². The highest BCUT2D eigenvalue weighted by Crippen LogP contribution is 2.32. The number of aromatic amines is 1. The lowest BCUT2D eigenvalue weighted by Gasteiger charge is -2.32. The number of nitrogens with zero attached hydrogens (tertiary/aromatic N) is 2. The lowest BCUT2D eigenvalue weighted by Crippen LogP contribution is -2.33. The van der Waals surface area contributed by atoms with Crippen molar-refractivity contribution in [1.82, 2.24) is 9.97 Å². The smallest absolute Gasteiger partial charge is 0.238 e. The van der Waals surface area contributed by atoms with Crippen LogP contribution in [0.1, 0.15) is 29.9 Å². The number of nitrogens with two attached hydrogens (primary N) is 1. The molecule has 2 aromatic carbocycles. The van der Waals surface area contributed by atoms with Gasteiger partial charge in [0.25, 0.3) is 0 Å². The van der Waals surface area contributed by atoms with Crippen LogP contribution in [0, 0.1) is 6.92 Å². The number of hydrogen-bond acceptors (Lipinski definition) is 4. The van der Waals surface area contributed by atoms with Crippen LogP contribution in [0.2, 0.25) is 0 Å². The van der Waals surface area contributed by atoms with Gasteiger partial charge in [-0.2, -0.15) is 0 Å². The number of benzene rings is 2. The zero-order valence-corrected chi connectivity index (χ0v) is 15.5. The molecule has 3 aromatic rings. The summed E-state index contributed by atoms with van der Waals surface area (Å²) in [6.07, 6.45) is 2.15. The minimum absolute atomic E-state index is 0.0958. The molecule has 6 nitrogen and oxygen atoms in total. The number of anilines is 1. The first kappa shape index (κ1) is 17.1. The monoisotopic (exact) mass is 370 g/mol.